The second kappa shape index (κ2) is 5.41. The molecule has 0 radical (unpaired) electrons. The SMILES string of the molecule is NC1CCCc2cc(OCc3ccccn3)ccc21. The van der Waals surface area contributed by atoms with Crippen LogP contribution in [-0.4, -0.2) is 4.98 Å². The van der Waals surface area contributed by atoms with Gasteiger partial charge in [-0.15, -0.1) is 0 Å². The number of ether oxygens (including phenoxy) is 1. The van der Waals surface area contributed by atoms with Crippen LogP contribution in [0.4, 0.5) is 0 Å². The quantitative estimate of drug-likeness (QED) is 0.916. The Morgan fingerprint density at radius 1 is 1.26 bits per heavy atom. The average molecular weight is 254 g/mol. The van der Waals surface area contributed by atoms with Crippen molar-refractivity contribution in [2.45, 2.75) is 31.9 Å². The van der Waals surface area contributed by atoms with Crippen LogP contribution in [0.2, 0.25) is 0 Å². The van der Waals surface area contributed by atoms with Crippen LogP contribution in [0.1, 0.15) is 35.7 Å². The van der Waals surface area contributed by atoms with Gasteiger partial charge in [-0.3, -0.25) is 4.98 Å². The molecule has 1 aromatic carbocycles. The average Bonchev–Trinajstić information content (AvgIpc) is 2.46. The molecule has 0 aliphatic heterocycles. The van der Waals surface area contributed by atoms with E-state index in [9.17, 15) is 0 Å². The first-order valence-electron chi connectivity index (χ1n) is 6.74. The molecule has 1 heterocycles. The van der Waals surface area contributed by atoms with Gasteiger partial charge in [-0.1, -0.05) is 12.1 Å². The summed E-state index contributed by atoms with van der Waals surface area (Å²) >= 11 is 0. The smallest absolute Gasteiger partial charge is 0.130 e. The van der Waals surface area contributed by atoms with Crippen LogP contribution in [0.5, 0.6) is 5.75 Å². The van der Waals surface area contributed by atoms with Crippen molar-refractivity contribution in [2.75, 3.05) is 0 Å². The molecule has 3 nitrogen and oxygen atoms in total. The largest absolute Gasteiger partial charge is 0.487 e. The Balaban J connectivity index is 1.72. The predicted octanol–water partition coefficient (Wildman–Crippen LogP) is 3.00. The van der Waals surface area contributed by atoms with E-state index in [0.29, 0.717) is 6.61 Å². The highest BCUT2D eigenvalue weighted by atomic mass is 16.5. The predicted molar refractivity (Wildman–Crippen MR) is 74.9 cm³/mol. The maximum absolute atomic E-state index is 6.11. The summed E-state index contributed by atoms with van der Waals surface area (Å²) in [5.74, 6) is 0.901. The van der Waals surface area contributed by atoms with E-state index < -0.39 is 0 Å². The Hall–Kier alpha value is -1.87. The van der Waals surface area contributed by atoms with Crippen molar-refractivity contribution in [3.63, 3.8) is 0 Å². The van der Waals surface area contributed by atoms with E-state index in [1.54, 1.807) is 6.20 Å². The van der Waals surface area contributed by atoms with Crippen LogP contribution in [0.25, 0.3) is 0 Å². The highest BCUT2D eigenvalue weighted by molar-refractivity contribution is 5.38. The van der Waals surface area contributed by atoms with E-state index in [0.717, 1.165) is 30.7 Å². The zero-order chi connectivity index (χ0) is 13.1. The molecule has 0 spiro atoms. The molecule has 0 amide bonds. The summed E-state index contributed by atoms with van der Waals surface area (Å²) in [6.45, 7) is 0.506. The summed E-state index contributed by atoms with van der Waals surface area (Å²) in [7, 11) is 0. The zero-order valence-electron chi connectivity index (χ0n) is 10.9. The van der Waals surface area contributed by atoms with Gasteiger partial charge in [-0.25, -0.2) is 0 Å². The van der Waals surface area contributed by atoms with E-state index in [2.05, 4.69) is 17.1 Å². The normalized spacial score (nSPS) is 17.8. The number of pyridine rings is 1. The fourth-order valence-electron chi connectivity index (χ4n) is 2.56. The van der Waals surface area contributed by atoms with Crippen molar-refractivity contribution in [2.24, 2.45) is 5.73 Å². The van der Waals surface area contributed by atoms with Gasteiger partial charge in [0.1, 0.15) is 12.4 Å². The Labute approximate surface area is 113 Å². The molecule has 0 saturated heterocycles. The summed E-state index contributed by atoms with van der Waals surface area (Å²) in [5, 5.41) is 0. The van der Waals surface area contributed by atoms with Gasteiger partial charge in [0.2, 0.25) is 0 Å². The number of hydrogen-bond donors (Lipinski definition) is 1. The third-order valence-corrected chi connectivity index (χ3v) is 3.59. The van der Waals surface area contributed by atoms with E-state index in [-0.39, 0.29) is 6.04 Å². The van der Waals surface area contributed by atoms with Crippen molar-refractivity contribution >= 4 is 0 Å². The van der Waals surface area contributed by atoms with Crippen molar-refractivity contribution in [3.8, 4) is 5.75 Å². The number of aromatic nitrogens is 1. The lowest BCUT2D eigenvalue weighted by molar-refractivity contribution is 0.300. The number of hydrogen-bond acceptors (Lipinski definition) is 3. The van der Waals surface area contributed by atoms with E-state index in [4.69, 9.17) is 10.5 Å². The van der Waals surface area contributed by atoms with Crippen LogP contribution < -0.4 is 10.5 Å². The second-order valence-electron chi connectivity index (χ2n) is 4.97. The molecule has 1 aliphatic rings. The number of rotatable bonds is 3. The monoisotopic (exact) mass is 254 g/mol. The molecule has 0 bridgehead atoms. The molecule has 0 saturated carbocycles. The molecule has 0 fully saturated rings. The lowest BCUT2D eigenvalue weighted by atomic mass is 9.88. The first-order valence-corrected chi connectivity index (χ1v) is 6.74. The van der Waals surface area contributed by atoms with Gasteiger partial charge in [0.05, 0.1) is 5.69 Å². The zero-order valence-corrected chi connectivity index (χ0v) is 10.9. The Kier molecular flexibility index (Phi) is 3.47. The highest BCUT2D eigenvalue weighted by Crippen LogP contribution is 2.30. The van der Waals surface area contributed by atoms with Gasteiger partial charge in [-0.2, -0.15) is 0 Å². The van der Waals surface area contributed by atoms with Crippen molar-refractivity contribution < 1.29 is 4.74 Å². The van der Waals surface area contributed by atoms with Crippen molar-refractivity contribution in [1.29, 1.82) is 0 Å². The fourth-order valence-corrected chi connectivity index (χ4v) is 2.56. The summed E-state index contributed by atoms with van der Waals surface area (Å²) in [6, 6.07) is 12.3. The molecule has 2 N–H and O–H groups in total. The highest BCUT2D eigenvalue weighted by Gasteiger charge is 2.16. The molecule has 2 aromatic rings. The summed E-state index contributed by atoms with van der Waals surface area (Å²) < 4.78 is 5.79. The Bertz CT molecular complexity index is 554. The molecule has 19 heavy (non-hydrogen) atoms. The van der Waals surface area contributed by atoms with E-state index in [1.807, 2.05) is 24.3 Å². The van der Waals surface area contributed by atoms with E-state index >= 15 is 0 Å². The molecule has 1 atom stereocenters. The van der Waals surface area contributed by atoms with Crippen LogP contribution in [-0.2, 0) is 13.0 Å². The van der Waals surface area contributed by atoms with Crippen LogP contribution in [0.3, 0.4) is 0 Å². The second-order valence-corrected chi connectivity index (χ2v) is 4.97. The van der Waals surface area contributed by atoms with Gasteiger partial charge >= 0.3 is 0 Å². The van der Waals surface area contributed by atoms with Gasteiger partial charge in [0.25, 0.3) is 0 Å². The molecule has 1 unspecified atom stereocenters. The molecular formula is C16H18N2O. The fraction of sp³-hybridized carbons (Fsp3) is 0.312. The minimum Gasteiger partial charge on any atom is -0.487 e. The number of nitrogens with two attached hydrogens (primary N) is 1. The van der Waals surface area contributed by atoms with Gasteiger partial charge < -0.3 is 10.5 Å². The maximum Gasteiger partial charge on any atom is 0.130 e. The first kappa shape index (κ1) is 12.2. The minimum atomic E-state index is 0.189. The molecule has 98 valence electrons. The number of aryl methyl sites for hydroxylation is 1. The third kappa shape index (κ3) is 2.76. The lowest BCUT2D eigenvalue weighted by Crippen LogP contribution is -2.17. The Morgan fingerprint density at radius 2 is 2.21 bits per heavy atom. The van der Waals surface area contributed by atoms with Crippen molar-refractivity contribution in [1.82, 2.24) is 4.98 Å². The molecule has 3 heteroatoms. The minimum absolute atomic E-state index is 0.189. The van der Waals surface area contributed by atoms with Gasteiger partial charge in [0, 0.05) is 12.2 Å². The number of fused-ring (bicyclic) bond motifs is 1. The third-order valence-electron chi connectivity index (χ3n) is 3.59. The van der Waals surface area contributed by atoms with Crippen LogP contribution in [0.15, 0.2) is 42.6 Å². The summed E-state index contributed by atoms with van der Waals surface area (Å²) in [4.78, 5) is 4.25. The maximum atomic E-state index is 6.11. The lowest BCUT2D eigenvalue weighted by Gasteiger charge is -2.22. The molecule has 3 rings (SSSR count). The van der Waals surface area contributed by atoms with Gasteiger partial charge in [-0.05, 0) is 54.7 Å². The number of nitrogens with zero attached hydrogens (tertiary/aromatic N) is 1. The Morgan fingerprint density at radius 3 is 3.05 bits per heavy atom. The van der Waals surface area contributed by atoms with E-state index in [1.165, 1.54) is 11.1 Å². The van der Waals surface area contributed by atoms with Crippen molar-refractivity contribution in [3.05, 3.63) is 59.4 Å². The number of benzene rings is 1. The van der Waals surface area contributed by atoms with Crippen LogP contribution in [0, 0.1) is 0 Å². The topological polar surface area (TPSA) is 48.1 Å². The van der Waals surface area contributed by atoms with Crippen LogP contribution >= 0.6 is 0 Å². The standard InChI is InChI=1S/C16H18N2O/c17-16-6-3-4-12-10-14(7-8-15(12)16)19-11-13-5-1-2-9-18-13/h1-2,5,7-10,16H,3-4,6,11,17H2. The molecule has 1 aromatic heterocycles. The molecule has 1 aliphatic carbocycles. The first-order chi connectivity index (χ1) is 9.33. The van der Waals surface area contributed by atoms with Gasteiger partial charge in [0.15, 0.2) is 0 Å². The molecular weight excluding hydrogens is 236 g/mol. The summed E-state index contributed by atoms with van der Waals surface area (Å²) in [5.41, 5.74) is 9.66. The summed E-state index contributed by atoms with van der Waals surface area (Å²) in [6.07, 6.45) is 5.13.